The Morgan fingerprint density at radius 1 is 1.00 bits per heavy atom. The summed E-state index contributed by atoms with van der Waals surface area (Å²) in [6, 6.07) is 18.1. The standard InChI is InChI=1S/C20H23N3O4/c1-2-13-21-20(22-18(24)25,14-16-9-5-3-6-10-16)23(19(26)27)15-17-11-7-4-8-12-17/h2-12,21-22H,1,13-15H2,(H,24,25)(H,26,27). The van der Waals surface area contributed by atoms with E-state index in [0.717, 1.165) is 16.0 Å². The molecule has 0 aliphatic carbocycles. The lowest BCUT2D eigenvalue weighted by Crippen LogP contribution is -2.71. The molecule has 0 saturated carbocycles. The summed E-state index contributed by atoms with van der Waals surface area (Å²) >= 11 is 0. The fourth-order valence-corrected chi connectivity index (χ4v) is 2.85. The second-order valence-corrected chi connectivity index (χ2v) is 5.98. The van der Waals surface area contributed by atoms with Gasteiger partial charge in [-0.3, -0.25) is 15.5 Å². The van der Waals surface area contributed by atoms with E-state index in [2.05, 4.69) is 17.2 Å². The fraction of sp³-hybridized carbons (Fsp3) is 0.200. The van der Waals surface area contributed by atoms with E-state index in [0.29, 0.717) is 0 Å². The third kappa shape index (κ3) is 5.58. The average Bonchev–Trinajstić information content (AvgIpc) is 2.65. The topological polar surface area (TPSA) is 102 Å². The molecular weight excluding hydrogens is 346 g/mol. The Balaban J connectivity index is 2.48. The maximum absolute atomic E-state index is 12.1. The molecule has 142 valence electrons. The highest BCUT2D eigenvalue weighted by atomic mass is 16.4. The van der Waals surface area contributed by atoms with Crippen LogP contribution >= 0.6 is 0 Å². The van der Waals surface area contributed by atoms with Crippen molar-refractivity contribution < 1.29 is 19.8 Å². The van der Waals surface area contributed by atoms with Gasteiger partial charge in [-0.15, -0.1) is 6.58 Å². The van der Waals surface area contributed by atoms with Crippen LogP contribution in [-0.4, -0.2) is 39.6 Å². The van der Waals surface area contributed by atoms with Gasteiger partial charge < -0.3 is 10.2 Å². The Morgan fingerprint density at radius 3 is 2.04 bits per heavy atom. The maximum atomic E-state index is 12.1. The Labute approximate surface area is 157 Å². The number of carbonyl (C=O) groups is 2. The average molecular weight is 369 g/mol. The van der Waals surface area contributed by atoms with E-state index in [1.54, 1.807) is 30.3 Å². The van der Waals surface area contributed by atoms with Gasteiger partial charge in [0.15, 0.2) is 5.79 Å². The molecule has 2 aromatic rings. The molecule has 1 atom stereocenters. The highest BCUT2D eigenvalue weighted by molar-refractivity contribution is 5.70. The Bertz CT molecular complexity index is 767. The van der Waals surface area contributed by atoms with Gasteiger partial charge in [0.1, 0.15) is 0 Å². The Hall–Kier alpha value is -3.32. The van der Waals surface area contributed by atoms with Crippen molar-refractivity contribution in [3.05, 3.63) is 84.4 Å². The van der Waals surface area contributed by atoms with Crippen LogP contribution in [0.25, 0.3) is 0 Å². The molecule has 0 heterocycles. The minimum atomic E-state index is -1.57. The molecule has 2 aromatic carbocycles. The minimum absolute atomic E-state index is 0.00737. The summed E-state index contributed by atoms with van der Waals surface area (Å²) in [4.78, 5) is 24.7. The van der Waals surface area contributed by atoms with Gasteiger partial charge in [-0.05, 0) is 11.1 Å². The highest BCUT2D eigenvalue weighted by Gasteiger charge is 2.41. The highest BCUT2D eigenvalue weighted by Crippen LogP contribution is 2.20. The monoisotopic (exact) mass is 369 g/mol. The van der Waals surface area contributed by atoms with Crippen molar-refractivity contribution in [3.63, 3.8) is 0 Å². The normalized spacial score (nSPS) is 12.6. The number of benzene rings is 2. The molecule has 0 bridgehead atoms. The van der Waals surface area contributed by atoms with E-state index in [9.17, 15) is 19.8 Å². The summed E-state index contributed by atoms with van der Waals surface area (Å²) in [5.74, 6) is -1.57. The Morgan fingerprint density at radius 2 is 1.56 bits per heavy atom. The first-order chi connectivity index (χ1) is 13.0. The zero-order valence-corrected chi connectivity index (χ0v) is 14.8. The molecule has 2 amide bonds. The smallest absolute Gasteiger partial charge is 0.410 e. The Kier molecular flexibility index (Phi) is 6.96. The van der Waals surface area contributed by atoms with E-state index in [1.165, 1.54) is 0 Å². The van der Waals surface area contributed by atoms with Crippen LogP contribution in [0.15, 0.2) is 73.3 Å². The molecule has 0 aliphatic heterocycles. The van der Waals surface area contributed by atoms with Gasteiger partial charge in [-0.25, -0.2) is 9.59 Å². The summed E-state index contributed by atoms with van der Waals surface area (Å²) in [6.07, 6.45) is -0.930. The summed E-state index contributed by atoms with van der Waals surface area (Å²) < 4.78 is 0. The van der Waals surface area contributed by atoms with Gasteiger partial charge in [0, 0.05) is 13.0 Å². The number of nitrogens with one attached hydrogen (secondary N) is 2. The van der Waals surface area contributed by atoms with Crippen LogP contribution in [0.1, 0.15) is 11.1 Å². The fourth-order valence-electron chi connectivity index (χ4n) is 2.85. The first-order valence-corrected chi connectivity index (χ1v) is 8.42. The molecule has 7 nitrogen and oxygen atoms in total. The molecule has 4 N–H and O–H groups in total. The van der Waals surface area contributed by atoms with Crippen molar-refractivity contribution >= 4 is 12.2 Å². The van der Waals surface area contributed by atoms with E-state index >= 15 is 0 Å². The zero-order valence-electron chi connectivity index (χ0n) is 14.8. The molecule has 0 fully saturated rings. The van der Waals surface area contributed by atoms with Crippen molar-refractivity contribution in [3.8, 4) is 0 Å². The lowest BCUT2D eigenvalue weighted by molar-refractivity contribution is 0.0265. The minimum Gasteiger partial charge on any atom is -0.465 e. The van der Waals surface area contributed by atoms with Gasteiger partial charge in [0.05, 0.1) is 6.54 Å². The molecule has 27 heavy (non-hydrogen) atoms. The van der Waals surface area contributed by atoms with E-state index in [-0.39, 0.29) is 19.5 Å². The lowest BCUT2D eigenvalue weighted by atomic mass is 10.0. The summed E-state index contributed by atoms with van der Waals surface area (Å²) in [5.41, 5.74) is 1.52. The van der Waals surface area contributed by atoms with Gasteiger partial charge >= 0.3 is 12.2 Å². The van der Waals surface area contributed by atoms with Gasteiger partial charge in [0.2, 0.25) is 0 Å². The van der Waals surface area contributed by atoms with E-state index in [1.807, 2.05) is 36.4 Å². The van der Waals surface area contributed by atoms with Crippen LogP contribution in [-0.2, 0) is 13.0 Å². The molecule has 0 spiro atoms. The van der Waals surface area contributed by atoms with Crippen LogP contribution in [0.2, 0.25) is 0 Å². The zero-order chi connectivity index (χ0) is 19.7. The quantitative estimate of drug-likeness (QED) is 0.402. The maximum Gasteiger partial charge on any atom is 0.410 e. The van der Waals surface area contributed by atoms with Crippen molar-refractivity contribution in [2.24, 2.45) is 0 Å². The lowest BCUT2D eigenvalue weighted by Gasteiger charge is -2.42. The first kappa shape index (κ1) is 20.0. The van der Waals surface area contributed by atoms with Crippen LogP contribution in [0, 0.1) is 0 Å². The van der Waals surface area contributed by atoms with Crippen molar-refractivity contribution in [2.75, 3.05) is 6.54 Å². The third-order valence-electron chi connectivity index (χ3n) is 4.03. The second-order valence-electron chi connectivity index (χ2n) is 5.98. The van der Waals surface area contributed by atoms with E-state index < -0.39 is 18.0 Å². The number of nitrogens with zero attached hydrogens (tertiary/aromatic N) is 1. The molecule has 2 rings (SSSR count). The molecule has 7 heteroatoms. The van der Waals surface area contributed by atoms with Crippen molar-refractivity contribution in [1.29, 1.82) is 0 Å². The van der Waals surface area contributed by atoms with Crippen LogP contribution in [0.5, 0.6) is 0 Å². The van der Waals surface area contributed by atoms with Crippen molar-refractivity contribution in [1.82, 2.24) is 15.5 Å². The number of rotatable bonds is 9. The third-order valence-corrected chi connectivity index (χ3v) is 4.03. The number of carboxylic acid groups (broad SMARTS) is 2. The van der Waals surface area contributed by atoms with E-state index in [4.69, 9.17) is 0 Å². The SMILES string of the molecule is C=CCNC(Cc1ccccc1)(NC(=O)O)N(Cc1ccccc1)C(=O)O. The summed E-state index contributed by atoms with van der Waals surface area (Å²) in [5, 5.41) is 24.7. The number of amides is 2. The van der Waals surface area contributed by atoms with Gasteiger partial charge in [-0.1, -0.05) is 66.7 Å². The summed E-state index contributed by atoms with van der Waals surface area (Å²) in [6.45, 7) is 3.86. The van der Waals surface area contributed by atoms with Gasteiger partial charge in [-0.2, -0.15) is 0 Å². The van der Waals surface area contributed by atoms with Crippen LogP contribution in [0.3, 0.4) is 0 Å². The molecular formula is C20H23N3O4. The second kappa shape index (κ2) is 9.40. The molecule has 0 aromatic heterocycles. The molecule has 0 saturated heterocycles. The molecule has 1 unspecified atom stereocenters. The number of hydrogen-bond donors (Lipinski definition) is 4. The molecule has 0 radical (unpaired) electrons. The van der Waals surface area contributed by atoms with Crippen molar-refractivity contribution in [2.45, 2.75) is 18.8 Å². The first-order valence-electron chi connectivity index (χ1n) is 8.42. The predicted octanol–water partition coefficient (Wildman–Crippen LogP) is 3.11. The van der Waals surface area contributed by atoms with Gasteiger partial charge in [0.25, 0.3) is 0 Å². The van der Waals surface area contributed by atoms with Crippen LogP contribution < -0.4 is 10.6 Å². The molecule has 0 aliphatic rings. The van der Waals surface area contributed by atoms with Crippen LogP contribution in [0.4, 0.5) is 9.59 Å². The predicted molar refractivity (Wildman–Crippen MR) is 102 cm³/mol. The summed E-state index contributed by atoms with van der Waals surface area (Å²) in [7, 11) is 0. The largest absolute Gasteiger partial charge is 0.465 e. The number of hydrogen-bond acceptors (Lipinski definition) is 3.